The van der Waals surface area contributed by atoms with Gasteiger partial charge in [0.1, 0.15) is 11.4 Å². The standard InChI is InChI=1S/C15H14Cl2N4O3/c16-12-2-1-3-13(17)14(12)19-15-18-5-7-21(15)24-9-10-8-11(22)4-6-20(10)23/h1-4,6,8,22H,5,7,9H2,(H,18,19). The van der Waals surface area contributed by atoms with Crippen molar-refractivity contribution < 1.29 is 14.7 Å². The first-order valence-electron chi connectivity index (χ1n) is 7.12. The van der Waals surface area contributed by atoms with E-state index in [4.69, 9.17) is 28.0 Å². The molecule has 2 heterocycles. The molecule has 0 radical (unpaired) electrons. The van der Waals surface area contributed by atoms with Crippen molar-refractivity contribution in [2.45, 2.75) is 6.61 Å². The van der Waals surface area contributed by atoms with E-state index in [1.54, 1.807) is 18.2 Å². The van der Waals surface area contributed by atoms with E-state index in [0.717, 1.165) is 0 Å². The van der Waals surface area contributed by atoms with E-state index >= 15 is 0 Å². The molecule has 1 aliphatic heterocycles. The number of aliphatic imine (C=N–C) groups is 1. The van der Waals surface area contributed by atoms with Crippen molar-refractivity contribution in [1.29, 1.82) is 0 Å². The monoisotopic (exact) mass is 368 g/mol. The fraction of sp³-hybridized carbons (Fsp3) is 0.200. The van der Waals surface area contributed by atoms with Crippen LogP contribution < -0.4 is 10.0 Å². The van der Waals surface area contributed by atoms with Crippen molar-refractivity contribution in [2.24, 2.45) is 4.99 Å². The predicted octanol–water partition coefficient (Wildman–Crippen LogP) is 2.36. The van der Waals surface area contributed by atoms with Gasteiger partial charge in [-0.2, -0.15) is 4.73 Å². The van der Waals surface area contributed by atoms with Crippen LogP contribution in [0.5, 0.6) is 5.75 Å². The van der Waals surface area contributed by atoms with Crippen LogP contribution in [-0.4, -0.2) is 29.2 Å². The summed E-state index contributed by atoms with van der Waals surface area (Å²) in [5.41, 5.74) is 0.715. The van der Waals surface area contributed by atoms with E-state index in [1.165, 1.54) is 23.4 Å². The second-order valence-corrected chi connectivity index (χ2v) is 5.82. The number of hydrogen-bond acceptors (Lipinski definition) is 4. The van der Waals surface area contributed by atoms with Crippen molar-refractivity contribution >= 4 is 34.8 Å². The number of nitrogens with one attached hydrogen (secondary N) is 1. The first-order valence-corrected chi connectivity index (χ1v) is 7.88. The maximum Gasteiger partial charge on any atom is 0.225 e. The number of halogens is 2. The molecule has 0 bridgehead atoms. The number of guanidine groups is 1. The summed E-state index contributed by atoms with van der Waals surface area (Å²) in [6.45, 7) is 1.14. The Hall–Kier alpha value is -2.22. The van der Waals surface area contributed by atoms with Crippen LogP contribution in [0.1, 0.15) is 5.69 Å². The summed E-state index contributed by atoms with van der Waals surface area (Å²) in [5, 5.41) is 26.6. The Balaban J connectivity index is 1.76. The number of hydroxylamine groups is 2. The number of aromatic hydroxyl groups is 1. The molecule has 1 aromatic heterocycles. The second kappa shape index (κ2) is 7.12. The van der Waals surface area contributed by atoms with E-state index in [1.807, 2.05) is 0 Å². The smallest absolute Gasteiger partial charge is 0.225 e. The molecule has 0 saturated carbocycles. The van der Waals surface area contributed by atoms with Crippen LogP contribution in [0.3, 0.4) is 0 Å². The van der Waals surface area contributed by atoms with E-state index in [0.29, 0.717) is 39.5 Å². The molecule has 1 saturated heterocycles. The quantitative estimate of drug-likeness (QED) is 0.639. The number of nitrogens with zero attached hydrogens (tertiary/aromatic N) is 3. The lowest BCUT2D eigenvalue weighted by Gasteiger charge is -2.17. The van der Waals surface area contributed by atoms with Crippen LogP contribution in [0, 0.1) is 5.21 Å². The van der Waals surface area contributed by atoms with Crippen LogP contribution >= 0.6 is 23.2 Å². The summed E-state index contributed by atoms with van der Waals surface area (Å²) < 4.78 is 0.630. The normalized spacial score (nSPS) is 15.8. The first-order chi connectivity index (χ1) is 11.5. The molecule has 0 atom stereocenters. The number of pyridine rings is 1. The Bertz CT molecular complexity index is 765. The molecule has 9 heteroatoms. The van der Waals surface area contributed by atoms with Gasteiger partial charge < -0.3 is 15.6 Å². The van der Waals surface area contributed by atoms with Gasteiger partial charge in [-0.15, -0.1) is 0 Å². The second-order valence-electron chi connectivity index (χ2n) is 5.01. The van der Waals surface area contributed by atoms with Gasteiger partial charge in [-0.1, -0.05) is 29.3 Å². The van der Waals surface area contributed by atoms with Crippen molar-refractivity contribution in [3.8, 4) is 5.75 Å². The lowest BCUT2D eigenvalue weighted by molar-refractivity contribution is -0.617. The molecule has 0 spiro atoms. The Morgan fingerprint density at radius 1 is 1.33 bits per heavy atom. The zero-order valence-corrected chi connectivity index (χ0v) is 14.0. The third kappa shape index (κ3) is 3.64. The average Bonchev–Trinajstić information content (AvgIpc) is 2.99. The molecule has 7 nitrogen and oxygen atoms in total. The van der Waals surface area contributed by atoms with Crippen molar-refractivity contribution in [3.63, 3.8) is 0 Å². The number of rotatable bonds is 4. The highest BCUT2D eigenvalue weighted by molar-refractivity contribution is 6.38. The van der Waals surface area contributed by atoms with Crippen molar-refractivity contribution in [3.05, 3.63) is 57.5 Å². The molecule has 24 heavy (non-hydrogen) atoms. The minimum absolute atomic E-state index is 0.00279. The number of hydrogen-bond donors (Lipinski definition) is 2. The average molecular weight is 369 g/mol. The fourth-order valence-electron chi connectivity index (χ4n) is 2.16. The van der Waals surface area contributed by atoms with Crippen molar-refractivity contribution in [2.75, 3.05) is 13.1 Å². The highest BCUT2D eigenvalue weighted by atomic mass is 35.5. The lowest BCUT2D eigenvalue weighted by atomic mass is 10.3. The number of benzene rings is 1. The van der Waals surface area contributed by atoms with Gasteiger partial charge in [0, 0.05) is 12.6 Å². The van der Waals surface area contributed by atoms with Gasteiger partial charge in [-0.25, -0.2) is 10.1 Å². The van der Waals surface area contributed by atoms with Gasteiger partial charge >= 0.3 is 0 Å². The highest BCUT2D eigenvalue weighted by Crippen LogP contribution is 2.33. The van der Waals surface area contributed by atoms with Crippen LogP contribution in [0.15, 0.2) is 41.5 Å². The van der Waals surface area contributed by atoms with Crippen LogP contribution in [-0.2, 0) is 11.4 Å². The van der Waals surface area contributed by atoms with Gasteiger partial charge in [0.25, 0.3) is 0 Å². The molecule has 0 amide bonds. The van der Waals surface area contributed by atoms with Crippen molar-refractivity contribution in [1.82, 2.24) is 10.4 Å². The summed E-state index contributed by atoms with van der Waals surface area (Å²) in [5.74, 6) is 0.444. The molecule has 2 aromatic rings. The van der Waals surface area contributed by atoms with E-state index < -0.39 is 0 Å². The van der Waals surface area contributed by atoms with Gasteiger partial charge in [-0.3, -0.25) is 4.84 Å². The molecular weight excluding hydrogens is 355 g/mol. The third-order valence-electron chi connectivity index (χ3n) is 3.34. The molecule has 1 fully saturated rings. The van der Waals surface area contributed by atoms with Gasteiger partial charge in [0.2, 0.25) is 11.7 Å². The molecule has 2 N–H and O–H groups in total. The first kappa shape index (κ1) is 16.6. The van der Waals surface area contributed by atoms with Crippen LogP contribution in [0.25, 0.3) is 0 Å². The zero-order valence-electron chi connectivity index (χ0n) is 12.4. The molecule has 126 valence electrons. The van der Waals surface area contributed by atoms with E-state index in [2.05, 4.69) is 10.3 Å². The predicted molar refractivity (Wildman–Crippen MR) is 90.1 cm³/mol. The maximum atomic E-state index is 11.7. The Morgan fingerprint density at radius 3 is 2.83 bits per heavy atom. The topological polar surface area (TPSA) is 84.0 Å². The zero-order chi connectivity index (χ0) is 17.1. The lowest BCUT2D eigenvalue weighted by Crippen LogP contribution is -2.35. The third-order valence-corrected chi connectivity index (χ3v) is 3.95. The van der Waals surface area contributed by atoms with Crippen LogP contribution in [0.4, 0.5) is 5.69 Å². The molecule has 1 aromatic carbocycles. The fourth-order valence-corrected chi connectivity index (χ4v) is 2.64. The number of para-hydroxylation sites is 1. The van der Waals surface area contributed by atoms with E-state index in [-0.39, 0.29) is 18.1 Å². The van der Waals surface area contributed by atoms with Gasteiger partial charge in [0.05, 0.1) is 22.7 Å². The summed E-state index contributed by atoms with van der Waals surface area (Å²) in [6.07, 6.45) is 1.22. The molecular formula is C15H14Cl2N4O3. The van der Waals surface area contributed by atoms with E-state index in [9.17, 15) is 10.3 Å². The number of aromatic nitrogens is 1. The van der Waals surface area contributed by atoms with Gasteiger partial charge in [0.15, 0.2) is 12.8 Å². The summed E-state index contributed by atoms with van der Waals surface area (Å²) in [7, 11) is 0. The van der Waals surface area contributed by atoms with Gasteiger partial charge in [-0.05, 0) is 12.1 Å². The molecule has 0 unspecified atom stereocenters. The van der Waals surface area contributed by atoms with Crippen LogP contribution in [0.2, 0.25) is 10.0 Å². The Labute approximate surface area is 148 Å². The summed E-state index contributed by atoms with van der Waals surface area (Å²) in [6, 6.07) is 7.78. The maximum absolute atomic E-state index is 11.7. The molecule has 3 rings (SSSR count). The highest BCUT2D eigenvalue weighted by Gasteiger charge is 2.21. The summed E-state index contributed by atoms with van der Waals surface area (Å²) >= 11 is 12.2. The molecule has 0 aliphatic carbocycles. The Morgan fingerprint density at radius 2 is 2.08 bits per heavy atom. The minimum Gasteiger partial charge on any atom is -0.618 e. The SMILES string of the molecule is [O-][n+]1ccc(O)cc1CON1CCN/C1=N\c1c(Cl)cccc1Cl. The largest absolute Gasteiger partial charge is 0.618 e. The molecule has 1 aliphatic rings. The Kier molecular flexibility index (Phi) is 4.94. The summed E-state index contributed by atoms with van der Waals surface area (Å²) in [4.78, 5) is 10.0. The minimum atomic E-state index is -0.0190.